The van der Waals surface area contributed by atoms with Gasteiger partial charge in [0, 0.05) is 19.3 Å². The van der Waals surface area contributed by atoms with E-state index >= 15 is 0 Å². The highest BCUT2D eigenvalue weighted by molar-refractivity contribution is 5.97. The number of hydrogen-bond acceptors (Lipinski definition) is 3. The number of likely N-dealkylation sites (N-methyl/N-ethyl adjacent to an activating group) is 1. The fraction of sp³-hybridized carbons (Fsp3) is 0.538. The van der Waals surface area contributed by atoms with Crippen molar-refractivity contribution in [2.75, 3.05) is 18.1 Å². The molecule has 0 bridgehead atoms. The van der Waals surface area contributed by atoms with Gasteiger partial charge in [-0.2, -0.15) is 0 Å². The number of aryl methyl sites for hydroxylation is 1. The minimum Gasteiger partial charge on any atom is -0.368 e. The van der Waals surface area contributed by atoms with Crippen molar-refractivity contribution in [2.24, 2.45) is 0 Å². The molecule has 0 N–H and O–H groups in total. The van der Waals surface area contributed by atoms with Crippen LogP contribution in [0.5, 0.6) is 0 Å². The van der Waals surface area contributed by atoms with Gasteiger partial charge in [-0.3, -0.25) is 9.78 Å². The summed E-state index contributed by atoms with van der Waals surface area (Å²) in [5, 5.41) is 0. The lowest BCUT2D eigenvalue weighted by Crippen LogP contribution is -2.39. The van der Waals surface area contributed by atoms with Crippen LogP contribution in [0, 0.1) is 6.92 Å². The number of carbonyl (C=O) groups is 1. The molecule has 1 saturated heterocycles. The molecule has 0 aromatic carbocycles. The van der Waals surface area contributed by atoms with E-state index in [2.05, 4.69) is 4.98 Å². The lowest BCUT2D eigenvalue weighted by atomic mass is 10.2. The SMILES string of the molecule is CCN(C(=O)[C@H]1CCCO1)c1cccnc1C. The van der Waals surface area contributed by atoms with E-state index in [0.717, 1.165) is 24.2 Å². The molecule has 1 atom stereocenters. The maximum atomic E-state index is 12.3. The maximum absolute atomic E-state index is 12.3. The Morgan fingerprint density at radius 2 is 2.47 bits per heavy atom. The van der Waals surface area contributed by atoms with E-state index in [9.17, 15) is 4.79 Å². The molecule has 2 rings (SSSR count). The number of amides is 1. The normalized spacial score (nSPS) is 19.3. The van der Waals surface area contributed by atoms with Crippen LogP contribution in [0.25, 0.3) is 0 Å². The third-order valence-electron chi connectivity index (χ3n) is 3.06. The van der Waals surface area contributed by atoms with Gasteiger partial charge in [-0.1, -0.05) is 0 Å². The Kier molecular flexibility index (Phi) is 3.74. The molecule has 1 aromatic rings. The third-order valence-corrected chi connectivity index (χ3v) is 3.06. The topological polar surface area (TPSA) is 42.4 Å². The molecule has 0 unspecified atom stereocenters. The number of hydrogen-bond donors (Lipinski definition) is 0. The van der Waals surface area contributed by atoms with Gasteiger partial charge in [0.1, 0.15) is 6.10 Å². The number of carbonyl (C=O) groups excluding carboxylic acids is 1. The standard InChI is InChI=1S/C13H18N2O2/c1-3-15(11-6-4-8-14-10(11)2)13(16)12-7-5-9-17-12/h4,6,8,12H,3,5,7,9H2,1-2H3/t12-/m1/s1. The maximum Gasteiger partial charge on any atom is 0.256 e. The van der Waals surface area contributed by atoms with Crippen LogP contribution in [0.2, 0.25) is 0 Å². The van der Waals surface area contributed by atoms with Crippen molar-refractivity contribution in [3.05, 3.63) is 24.0 Å². The van der Waals surface area contributed by atoms with E-state index < -0.39 is 0 Å². The summed E-state index contributed by atoms with van der Waals surface area (Å²) in [6.45, 7) is 5.23. The molecule has 2 heterocycles. The van der Waals surface area contributed by atoms with Crippen LogP contribution >= 0.6 is 0 Å². The summed E-state index contributed by atoms with van der Waals surface area (Å²) >= 11 is 0. The minimum absolute atomic E-state index is 0.0566. The summed E-state index contributed by atoms with van der Waals surface area (Å²) in [7, 11) is 0. The Bertz CT molecular complexity index is 400. The number of anilines is 1. The molecular weight excluding hydrogens is 216 g/mol. The first-order chi connectivity index (χ1) is 8.24. The zero-order valence-corrected chi connectivity index (χ0v) is 10.3. The number of ether oxygens (including phenoxy) is 1. The summed E-state index contributed by atoms with van der Waals surface area (Å²) in [4.78, 5) is 18.3. The second kappa shape index (κ2) is 5.27. The van der Waals surface area contributed by atoms with Gasteiger partial charge < -0.3 is 9.64 Å². The van der Waals surface area contributed by atoms with Gasteiger partial charge >= 0.3 is 0 Å². The predicted octanol–water partition coefficient (Wildman–Crippen LogP) is 1.92. The molecule has 1 amide bonds. The summed E-state index contributed by atoms with van der Waals surface area (Å²) in [5.41, 5.74) is 1.76. The Hall–Kier alpha value is -1.42. The summed E-state index contributed by atoms with van der Waals surface area (Å²) < 4.78 is 5.45. The van der Waals surface area contributed by atoms with Crippen LogP contribution in [0.1, 0.15) is 25.5 Å². The second-order valence-electron chi connectivity index (χ2n) is 4.19. The monoisotopic (exact) mass is 234 g/mol. The van der Waals surface area contributed by atoms with E-state index in [1.807, 2.05) is 26.0 Å². The average molecular weight is 234 g/mol. The number of pyridine rings is 1. The Morgan fingerprint density at radius 3 is 3.06 bits per heavy atom. The fourth-order valence-corrected chi connectivity index (χ4v) is 2.15. The highest BCUT2D eigenvalue weighted by Gasteiger charge is 2.28. The van der Waals surface area contributed by atoms with Crippen LogP contribution < -0.4 is 4.90 Å². The molecule has 1 fully saturated rings. The molecule has 4 nitrogen and oxygen atoms in total. The molecule has 0 radical (unpaired) electrons. The van der Waals surface area contributed by atoms with Crippen LogP contribution in [0.3, 0.4) is 0 Å². The molecule has 17 heavy (non-hydrogen) atoms. The van der Waals surface area contributed by atoms with Gasteiger partial charge in [0.25, 0.3) is 5.91 Å². The zero-order valence-electron chi connectivity index (χ0n) is 10.3. The van der Waals surface area contributed by atoms with Crippen molar-refractivity contribution in [3.63, 3.8) is 0 Å². The van der Waals surface area contributed by atoms with Gasteiger partial charge in [0.2, 0.25) is 0 Å². The van der Waals surface area contributed by atoms with Crippen molar-refractivity contribution >= 4 is 11.6 Å². The van der Waals surface area contributed by atoms with Crippen molar-refractivity contribution in [1.82, 2.24) is 4.98 Å². The van der Waals surface area contributed by atoms with Gasteiger partial charge in [0.15, 0.2) is 0 Å². The fourth-order valence-electron chi connectivity index (χ4n) is 2.15. The average Bonchev–Trinajstić information content (AvgIpc) is 2.86. The quantitative estimate of drug-likeness (QED) is 0.802. The summed E-state index contributed by atoms with van der Waals surface area (Å²) in [5.74, 6) is 0.0566. The highest BCUT2D eigenvalue weighted by atomic mass is 16.5. The van der Waals surface area contributed by atoms with Crippen molar-refractivity contribution < 1.29 is 9.53 Å². The molecular formula is C13H18N2O2. The highest BCUT2D eigenvalue weighted by Crippen LogP contribution is 2.22. The molecule has 1 aliphatic rings. The molecule has 4 heteroatoms. The second-order valence-corrected chi connectivity index (χ2v) is 4.19. The number of aromatic nitrogens is 1. The van der Waals surface area contributed by atoms with E-state index in [-0.39, 0.29) is 12.0 Å². The van der Waals surface area contributed by atoms with Crippen molar-refractivity contribution in [1.29, 1.82) is 0 Å². The van der Waals surface area contributed by atoms with E-state index in [4.69, 9.17) is 4.74 Å². The smallest absolute Gasteiger partial charge is 0.256 e. The molecule has 0 spiro atoms. The van der Waals surface area contributed by atoms with Crippen LogP contribution in [0.4, 0.5) is 5.69 Å². The van der Waals surface area contributed by atoms with Crippen LogP contribution in [0.15, 0.2) is 18.3 Å². The van der Waals surface area contributed by atoms with E-state index in [1.54, 1.807) is 11.1 Å². The molecule has 92 valence electrons. The zero-order chi connectivity index (χ0) is 12.3. The first-order valence-electron chi connectivity index (χ1n) is 6.08. The Balaban J connectivity index is 2.21. The lowest BCUT2D eigenvalue weighted by molar-refractivity contribution is -0.127. The molecule has 0 aliphatic carbocycles. The predicted molar refractivity (Wildman–Crippen MR) is 66.0 cm³/mol. The summed E-state index contributed by atoms with van der Waals surface area (Å²) in [6.07, 6.45) is 3.27. The largest absolute Gasteiger partial charge is 0.368 e. The van der Waals surface area contributed by atoms with Gasteiger partial charge in [0.05, 0.1) is 11.4 Å². The number of nitrogens with zero attached hydrogens (tertiary/aromatic N) is 2. The first-order valence-corrected chi connectivity index (χ1v) is 6.08. The van der Waals surface area contributed by atoms with Gasteiger partial charge in [-0.15, -0.1) is 0 Å². The summed E-state index contributed by atoms with van der Waals surface area (Å²) in [6, 6.07) is 3.78. The minimum atomic E-state index is -0.269. The number of rotatable bonds is 3. The van der Waals surface area contributed by atoms with Crippen LogP contribution in [-0.4, -0.2) is 30.1 Å². The van der Waals surface area contributed by atoms with Gasteiger partial charge in [-0.05, 0) is 38.8 Å². The van der Waals surface area contributed by atoms with E-state index in [1.165, 1.54) is 0 Å². The Labute approximate surface area is 102 Å². The first kappa shape index (κ1) is 12.0. The third kappa shape index (κ3) is 2.47. The molecule has 1 aromatic heterocycles. The van der Waals surface area contributed by atoms with Crippen molar-refractivity contribution in [2.45, 2.75) is 32.8 Å². The lowest BCUT2D eigenvalue weighted by Gasteiger charge is -2.24. The van der Waals surface area contributed by atoms with Crippen molar-refractivity contribution in [3.8, 4) is 0 Å². The Morgan fingerprint density at radius 1 is 1.65 bits per heavy atom. The molecule has 1 aliphatic heterocycles. The van der Waals surface area contributed by atoms with Gasteiger partial charge in [-0.25, -0.2) is 0 Å². The van der Waals surface area contributed by atoms with Crippen LogP contribution in [-0.2, 0) is 9.53 Å². The van der Waals surface area contributed by atoms with E-state index in [0.29, 0.717) is 13.2 Å². The molecule has 0 saturated carbocycles.